The molecule has 0 saturated carbocycles. The molecule has 0 bridgehead atoms. The van der Waals surface area contributed by atoms with Gasteiger partial charge >= 0.3 is 0 Å². The van der Waals surface area contributed by atoms with Crippen LogP contribution in [0.1, 0.15) is 22.8 Å². The first kappa shape index (κ1) is 10.7. The maximum Gasteiger partial charge on any atom is 0.189 e. The average molecular weight is 194 g/mol. The van der Waals surface area contributed by atoms with E-state index in [0.29, 0.717) is 17.9 Å². The van der Waals surface area contributed by atoms with Gasteiger partial charge in [0.15, 0.2) is 13.1 Å². The monoisotopic (exact) mass is 194 g/mol. The number of para-hydroxylation sites is 1. The second-order valence-corrected chi connectivity index (χ2v) is 2.87. The Labute approximate surface area is 83.6 Å². The van der Waals surface area contributed by atoms with Gasteiger partial charge in [0.2, 0.25) is 0 Å². The lowest BCUT2D eigenvalue weighted by Gasteiger charge is -2.10. The molecule has 0 aliphatic rings. The molecule has 3 nitrogen and oxygen atoms in total. The topological polar surface area (TPSA) is 35.5 Å². The van der Waals surface area contributed by atoms with Crippen LogP contribution >= 0.6 is 0 Å². The smallest absolute Gasteiger partial charge is 0.189 e. The first-order valence-electron chi connectivity index (χ1n) is 4.55. The van der Waals surface area contributed by atoms with Gasteiger partial charge in [0.25, 0.3) is 0 Å². The van der Waals surface area contributed by atoms with Crippen molar-refractivity contribution < 1.29 is 14.3 Å². The Balaban J connectivity index is 2.77. The van der Waals surface area contributed by atoms with Gasteiger partial charge in [0.05, 0.1) is 5.56 Å². The molecule has 14 heavy (non-hydrogen) atoms. The van der Waals surface area contributed by atoms with Crippen molar-refractivity contribution in [1.29, 1.82) is 0 Å². The third-order valence-electron chi connectivity index (χ3n) is 1.86. The molecular weight excluding hydrogens is 180 g/mol. The molecule has 1 rings (SSSR count). The van der Waals surface area contributed by atoms with Crippen LogP contribution in [0.15, 0.2) is 18.2 Å². The Hall–Kier alpha value is -1.35. The molecule has 0 amide bonds. The Morgan fingerprint density at radius 3 is 2.86 bits per heavy atom. The fraction of sp³-hybridized carbons (Fsp3) is 0.364. The second-order valence-electron chi connectivity index (χ2n) is 2.87. The summed E-state index contributed by atoms with van der Waals surface area (Å²) in [6.45, 7) is 4.57. The SMILES string of the molecule is CCOCOc1c(C)cccc1C=O. The highest BCUT2D eigenvalue weighted by Gasteiger charge is 2.05. The normalized spacial score (nSPS) is 9.86. The Morgan fingerprint density at radius 2 is 2.21 bits per heavy atom. The first-order chi connectivity index (χ1) is 6.79. The van der Waals surface area contributed by atoms with Gasteiger partial charge in [-0.2, -0.15) is 0 Å². The van der Waals surface area contributed by atoms with E-state index in [-0.39, 0.29) is 6.79 Å². The number of hydrogen-bond acceptors (Lipinski definition) is 3. The summed E-state index contributed by atoms with van der Waals surface area (Å²) in [4.78, 5) is 10.7. The minimum Gasteiger partial charge on any atom is -0.467 e. The van der Waals surface area contributed by atoms with Crippen LogP contribution in [0.5, 0.6) is 5.75 Å². The lowest BCUT2D eigenvalue weighted by molar-refractivity contribution is 0.0216. The summed E-state index contributed by atoms with van der Waals surface area (Å²) in [6.07, 6.45) is 0.786. The summed E-state index contributed by atoms with van der Waals surface area (Å²) in [6, 6.07) is 5.45. The van der Waals surface area contributed by atoms with E-state index in [1.165, 1.54) is 0 Å². The summed E-state index contributed by atoms with van der Waals surface area (Å²) < 4.78 is 10.4. The summed E-state index contributed by atoms with van der Waals surface area (Å²) in [5.41, 5.74) is 1.50. The van der Waals surface area contributed by atoms with Gasteiger partial charge in [-0.1, -0.05) is 12.1 Å². The van der Waals surface area contributed by atoms with Gasteiger partial charge in [-0.3, -0.25) is 4.79 Å². The van der Waals surface area contributed by atoms with Gasteiger partial charge < -0.3 is 9.47 Å². The minimum atomic E-state index is 0.183. The van der Waals surface area contributed by atoms with Crippen molar-refractivity contribution in [2.45, 2.75) is 13.8 Å². The van der Waals surface area contributed by atoms with Crippen molar-refractivity contribution in [2.75, 3.05) is 13.4 Å². The van der Waals surface area contributed by atoms with Gasteiger partial charge in [-0.05, 0) is 25.5 Å². The summed E-state index contributed by atoms with van der Waals surface area (Å²) in [7, 11) is 0. The molecule has 1 aromatic rings. The zero-order valence-corrected chi connectivity index (χ0v) is 8.45. The molecule has 0 aliphatic heterocycles. The zero-order valence-electron chi connectivity index (χ0n) is 8.45. The largest absolute Gasteiger partial charge is 0.467 e. The Morgan fingerprint density at radius 1 is 1.43 bits per heavy atom. The summed E-state index contributed by atoms with van der Waals surface area (Å²) in [5.74, 6) is 0.607. The van der Waals surface area contributed by atoms with E-state index >= 15 is 0 Å². The highest BCUT2D eigenvalue weighted by Crippen LogP contribution is 2.21. The second kappa shape index (κ2) is 5.40. The van der Waals surface area contributed by atoms with Crippen LogP contribution in [-0.4, -0.2) is 19.7 Å². The van der Waals surface area contributed by atoms with E-state index in [1.807, 2.05) is 26.0 Å². The van der Waals surface area contributed by atoms with Crippen LogP contribution in [-0.2, 0) is 4.74 Å². The highest BCUT2D eigenvalue weighted by atomic mass is 16.7. The van der Waals surface area contributed by atoms with E-state index in [9.17, 15) is 4.79 Å². The minimum absolute atomic E-state index is 0.183. The number of aldehydes is 1. The Bertz CT molecular complexity index is 307. The molecule has 76 valence electrons. The fourth-order valence-corrected chi connectivity index (χ4v) is 1.15. The van der Waals surface area contributed by atoms with Crippen LogP contribution < -0.4 is 4.74 Å². The summed E-state index contributed by atoms with van der Waals surface area (Å²) in [5, 5.41) is 0. The molecule has 1 aromatic carbocycles. The molecule has 0 aromatic heterocycles. The quantitative estimate of drug-likeness (QED) is 0.409. The van der Waals surface area contributed by atoms with Crippen LogP contribution in [0, 0.1) is 6.92 Å². The van der Waals surface area contributed by atoms with Crippen LogP contribution in [0.25, 0.3) is 0 Å². The molecular formula is C11H14O3. The number of aryl methyl sites for hydroxylation is 1. The van der Waals surface area contributed by atoms with Crippen molar-refractivity contribution in [3.63, 3.8) is 0 Å². The van der Waals surface area contributed by atoms with Crippen molar-refractivity contribution in [1.82, 2.24) is 0 Å². The summed E-state index contributed by atoms with van der Waals surface area (Å²) >= 11 is 0. The van der Waals surface area contributed by atoms with Crippen molar-refractivity contribution >= 4 is 6.29 Å². The van der Waals surface area contributed by atoms with Crippen molar-refractivity contribution in [2.24, 2.45) is 0 Å². The van der Waals surface area contributed by atoms with Gasteiger partial charge in [-0.25, -0.2) is 0 Å². The van der Waals surface area contributed by atoms with E-state index in [4.69, 9.17) is 9.47 Å². The van der Waals surface area contributed by atoms with E-state index in [0.717, 1.165) is 11.8 Å². The predicted molar refractivity (Wildman–Crippen MR) is 53.7 cm³/mol. The average Bonchev–Trinajstić information content (AvgIpc) is 2.20. The maximum absolute atomic E-state index is 10.7. The van der Waals surface area contributed by atoms with Crippen molar-refractivity contribution in [3.8, 4) is 5.75 Å². The maximum atomic E-state index is 10.7. The molecule has 0 radical (unpaired) electrons. The molecule has 0 saturated heterocycles. The molecule has 0 heterocycles. The molecule has 0 atom stereocenters. The zero-order chi connectivity index (χ0) is 10.4. The van der Waals surface area contributed by atoms with Crippen LogP contribution in [0.4, 0.5) is 0 Å². The standard InChI is InChI=1S/C11H14O3/c1-3-13-8-14-11-9(2)5-4-6-10(11)7-12/h4-7H,3,8H2,1-2H3. The number of carbonyl (C=O) groups excluding carboxylic acids is 1. The first-order valence-corrected chi connectivity index (χ1v) is 4.55. The number of hydrogen-bond donors (Lipinski definition) is 0. The third-order valence-corrected chi connectivity index (χ3v) is 1.86. The van der Waals surface area contributed by atoms with Crippen LogP contribution in [0.2, 0.25) is 0 Å². The van der Waals surface area contributed by atoms with E-state index in [1.54, 1.807) is 6.07 Å². The highest BCUT2D eigenvalue weighted by molar-refractivity contribution is 5.80. The van der Waals surface area contributed by atoms with Gasteiger partial charge in [0.1, 0.15) is 5.75 Å². The molecule has 0 aliphatic carbocycles. The molecule has 0 spiro atoms. The van der Waals surface area contributed by atoms with Gasteiger partial charge in [0, 0.05) is 6.61 Å². The molecule has 3 heteroatoms. The third kappa shape index (κ3) is 2.57. The van der Waals surface area contributed by atoms with Gasteiger partial charge in [-0.15, -0.1) is 0 Å². The number of carbonyl (C=O) groups is 1. The lowest BCUT2D eigenvalue weighted by atomic mass is 10.1. The number of rotatable bonds is 5. The van der Waals surface area contributed by atoms with Crippen molar-refractivity contribution in [3.05, 3.63) is 29.3 Å². The number of ether oxygens (including phenoxy) is 2. The van der Waals surface area contributed by atoms with Crippen LogP contribution in [0.3, 0.4) is 0 Å². The fourth-order valence-electron chi connectivity index (χ4n) is 1.15. The Kier molecular flexibility index (Phi) is 4.13. The molecule has 0 N–H and O–H groups in total. The van der Waals surface area contributed by atoms with E-state index < -0.39 is 0 Å². The number of benzene rings is 1. The predicted octanol–water partition coefficient (Wildman–Crippen LogP) is 2.18. The lowest BCUT2D eigenvalue weighted by Crippen LogP contribution is -2.05. The molecule has 0 unspecified atom stereocenters. The van der Waals surface area contributed by atoms with E-state index in [2.05, 4.69) is 0 Å². The molecule has 0 fully saturated rings.